The van der Waals surface area contributed by atoms with E-state index in [4.69, 9.17) is 14.6 Å². The summed E-state index contributed by atoms with van der Waals surface area (Å²) in [5.74, 6) is -0.807. The van der Waals surface area contributed by atoms with Gasteiger partial charge in [-0.25, -0.2) is 4.79 Å². The molecule has 6 heteroatoms. The second-order valence-electron chi connectivity index (χ2n) is 6.99. The van der Waals surface area contributed by atoms with Crippen molar-refractivity contribution in [1.29, 1.82) is 0 Å². The highest BCUT2D eigenvalue weighted by Gasteiger charge is 2.40. The lowest BCUT2D eigenvalue weighted by Crippen LogP contribution is -2.58. The first kappa shape index (κ1) is 17.3. The highest BCUT2D eigenvalue weighted by atomic mass is 16.5. The third-order valence-electron chi connectivity index (χ3n) is 3.43. The third-order valence-corrected chi connectivity index (χ3v) is 3.43. The number of rotatable bonds is 4. The molecular weight excluding hydrogens is 298 g/mol. The topological polar surface area (TPSA) is 76.1 Å². The van der Waals surface area contributed by atoms with Gasteiger partial charge in [-0.15, -0.1) is 0 Å². The predicted octanol–water partition coefficient (Wildman–Crippen LogP) is 2.18. The van der Waals surface area contributed by atoms with Gasteiger partial charge in [0.25, 0.3) is 5.91 Å². The Kier molecular flexibility index (Phi) is 4.66. The van der Waals surface area contributed by atoms with Crippen LogP contribution in [0.25, 0.3) is 0 Å². The van der Waals surface area contributed by atoms with Gasteiger partial charge in [0.1, 0.15) is 5.75 Å². The summed E-state index contributed by atoms with van der Waals surface area (Å²) in [7, 11) is 0. The number of hydrogen-bond donors (Lipinski definition) is 1. The molecule has 1 fully saturated rings. The van der Waals surface area contributed by atoms with E-state index in [1.807, 2.05) is 27.7 Å². The van der Waals surface area contributed by atoms with E-state index in [-0.39, 0.29) is 5.91 Å². The lowest BCUT2D eigenvalue weighted by atomic mass is 9.98. The Hall–Kier alpha value is -2.08. The van der Waals surface area contributed by atoms with Crippen LogP contribution >= 0.6 is 0 Å². The van der Waals surface area contributed by atoms with Crippen molar-refractivity contribution in [3.8, 4) is 5.75 Å². The van der Waals surface area contributed by atoms with Gasteiger partial charge < -0.3 is 19.5 Å². The van der Waals surface area contributed by atoms with Gasteiger partial charge in [-0.05, 0) is 45.9 Å². The number of amides is 1. The summed E-state index contributed by atoms with van der Waals surface area (Å²) in [4.78, 5) is 25.1. The van der Waals surface area contributed by atoms with Gasteiger partial charge in [0.15, 0.2) is 6.61 Å². The van der Waals surface area contributed by atoms with Crippen LogP contribution in [0.1, 0.15) is 38.1 Å². The molecule has 0 atom stereocenters. The van der Waals surface area contributed by atoms with E-state index in [0.29, 0.717) is 24.4 Å². The molecule has 1 aliphatic rings. The molecule has 0 saturated carbocycles. The van der Waals surface area contributed by atoms with Crippen molar-refractivity contribution in [3.63, 3.8) is 0 Å². The van der Waals surface area contributed by atoms with Crippen LogP contribution in [0.5, 0.6) is 5.75 Å². The highest BCUT2D eigenvalue weighted by Crippen LogP contribution is 2.29. The van der Waals surface area contributed by atoms with Crippen LogP contribution in [0.4, 0.5) is 0 Å². The molecule has 0 aliphatic carbocycles. The summed E-state index contributed by atoms with van der Waals surface area (Å²) in [5, 5.41) is 8.66. The summed E-state index contributed by atoms with van der Waals surface area (Å²) < 4.78 is 11.1. The molecule has 1 aromatic carbocycles. The Labute approximate surface area is 136 Å². The van der Waals surface area contributed by atoms with Crippen molar-refractivity contribution in [1.82, 2.24) is 4.90 Å². The van der Waals surface area contributed by atoms with Gasteiger partial charge in [0.05, 0.1) is 11.2 Å². The number of ether oxygens (including phenoxy) is 2. The summed E-state index contributed by atoms with van der Waals surface area (Å²) in [6.07, 6.45) is 0. The van der Waals surface area contributed by atoms with Crippen LogP contribution in [0.3, 0.4) is 0 Å². The van der Waals surface area contributed by atoms with Crippen LogP contribution in [0.15, 0.2) is 24.3 Å². The number of morpholine rings is 1. The maximum absolute atomic E-state index is 12.8. The maximum atomic E-state index is 12.8. The summed E-state index contributed by atoms with van der Waals surface area (Å²) in [6.45, 7) is 8.39. The zero-order valence-corrected chi connectivity index (χ0v) is 14.0. The molecule has 1 saturated heterocycles. The highest BCUT2D eigenvalue weighted by molar-refractivity contribution is 5.94. The molecule has 0 unspecified atom stereocenters. The van der Waals surface area contributed by atoms with Gasteiger partial charge >= 0.3 is 5.97 Å². The molecule has 1 aromatic rings. The largest absolute Gasteiger partial charge is 0.482 e. The first-order valence-corrected chi connectivity index (χ1v) is 7.52. The van der Waals surface area contributed by atoms with Gasteiger partial charge in [-0.1, -0.05) is 6.07 Å². The lowest BCUT2D eigenvalue weighted by Gasteiger charge is -2.47. The quantitative estimate of drug-likeness (QED) is 0.920. The van der Waals surface area contributed by atoms with E-state index in [0.717, 1.165) is 0 Å². The van der Waals surface area contributed by atoms with Crippen molar-refractivity contribution >= 4 is 11.9 Å². The molecule has 0 aromatic heterocycles. The Bertz CT molecular complexity index is 593. The number of aliphatic carboxylic acids is 1. The van der Waals surface area contributed by atoms with Crippen molar-refractivity contribution < 1.29 is 24.2 Å². The van der Waals surface area contributed by atoms with E-state index in [1.54, 1.807) is 29.2 Å². The zero-order valence-electron chi connectivity index (χ0n) is 14.0. The minimum Gasteiger partial charge on any atom is -0.482 e. The van der Waals surface area contributed by atoms with Crippen molar-refractivity contribution in [2.24, 2.45) is 0 Å². The number of benzene rings is 1. The van der Waals surface area contributed by atoms with Gasteiger partial charge in [-0.2, -0.15) is 0 Å². The van der Waals surface area contributed by atoms with E-state index in [2.05, 4.69) is 0 Å². The Balaban J connectivity index is 2.16. The fourth-order valence-electron chi connectivity index (χ4n) is 2.98. The molecule has 2 rings (SSSR count). The van der Waals surface area contributed by atoms with Crippen LogP contribution in [-0.4, -0.2) is 52.8 Å². The Morgan fingerprint density at radius 2 is 1.83 bits per heavy atom. The fraction of sp³-hybridized carbons (Fsp3) is 0.529. The molecule has 0 radical (unpaired) electrons. The molecule has 1 aliphatic heterocycles. The molecule has 1 heterocycles. The summed E-state index contributed by atoms with van der Waals surface area (Å²) in [5.41, 5.74) is -0.370. The Morgan fingerprint density at radius 3 is 2.39 bits per heavy atom. The number of nitrogens with zero attached hydrogens (tertiary/aromatic N) is 1. The smallest absolute Gasteiger partial charge is 0.341 e. The Morgan fingerprint density at radius 1 is 1.22 bits per heavy atom. The first-order valence-electron chi connectivity index (χ1n) is 7.52. The number of carbonyl (C=O) groups excluding carboxylic acids is 1. The minimum atomic E-state index is -1.06. The molecule has 1 amide bonds. The van der Waals surface area contributed by atoms with Crippen molar-refractivity contribution in [2.75, 3.05) is 19.7 Å². The molecule has 0 spiro atoms. The summed E-state index contributed by atoms with van der Waals surface area (Å²) in [6, 6.07) is 6.58. The number of carboxylic acid groups (broad SMARTS) is 1. The standard InChI is InChI=1S/C17H23NO5/c1-16(2)10-18(11-17(3,4)23-16)15(21)12-6-5-7-13(8-12)22-9-14(19)20/h5-8H,9-11H2,1-4H3,(H,19,20). The SMILES string of the molecule is CC1(C)CN(C(=O)c2cccc(OCC(=O)O)c2)CC(C)(C)O1. The van der Waals surface area contributed by atoms with Gasteiger partial charge in [0, 0.05) is 18.7 Å². The average Bonchev–Trinajstić information content (AvgIpc) is 2.41. The van der Waals surface area contributed by atoms with Crippen LogP contribution in [-0.2, 0) is 9.53 Å². The maximum Gasteiger partial charge on any atom is 0.341 e. The molecule has 6 nitrogen and oxygen atoms in total. The van der Waals surface area contributed by atoms with Crippen LogP contribution < -0.4 is 4.74 Å². The second-order valence-corrected chi connectivity index (χ2v) is 6.99. The van der Waals surface area contributed by atoms with Crippen molar-refractivity contribution in [2.45, 2.75) is 38.9 Å². The van der Waals surface area contributed by atoms with E-state index >= 15 is 0 Å². The van der Waals surface area contributed by atoms with Gasteiger partial charge in [-0.3, -0.25) is 4.79 Å². The number of hydrogen-bond acceptors (Lipinski definition) is 4. The first-order chi connectivity index (χ1) is 10.6. The minimum absolute atomic E-state index is 0.116. The lowest BCUT2D eigenvalue weighted by molar-refractivity contribution is -0.171. The van der Waals surface area contributed by atoms with E-state index < -0.39 is 23.8 Å². The normalized spacial score (nSPS) is 19.2. The van der Waals surface area contributed by atoms with E-state index in [9.17, 15) is 9.59 Å². The fourth-order valence-corrected chi connectivity index (χ4v) is 2.98. The zero-order chi connectivity index (χ0) is 17.3. The predicted molar refractivity (Wildman–Crippen MR) is 84.7 cm³/mol. The van der Waals surface area contributed by atoms with Crippen molar-refractivity contribution in [3.05, 3.63) is 29.8 Å². The third kappa shape index (κ3) is 4.69. The molecule has 0 bridgehead atoms. The molecule has 1 N–H and O–H groups in total. The number of carboxylic acids is 1. The molecular formula is C17H23NO5. The second kappa shape index (κ2) is 6.20. The van der Waals surface area contributed by atoms with Crippen LogP contribution in [0.2, 0.25) is 0 Å². The molecule has 23 heavy (non-hydrogen) atoms. The van der Waals surface area contributed by atoms with E-state index in [1.165, 1.54) is 0 Å². The monoisotopic (exact) mass is 321 g/mol. The number of carbonyl (C=O) groups is 2. The van der Waals surface area contributed by atoms with Gasteiger partial charge in [0.2, 0.25) is 0 Å². The molecule has 126 valence electrons. The average molecular weight is 321 g/mol. The summed E-state index contributed by atoms with van der Waals surface area (Å²) >= 11 is 0. The van der Waals surface area contributed by atoms with Crippen LogP contribution in [0, 0.1) is 0 Å².